The fraction of sp³-hybridized carbons (Fsp3) is 0.300. The van der Waals surface area contributed by atoms with E-state index in [1.54, 1.807) is 11.0 Å². The predicted molar refractivity (Wildman–Crippen MR) is 97.2 cm³/mol. The molecular weight excluding hydrogens is 330 g/mol. The van der Waals surface area contributed by atoms with Crippen molar-refractivity contribution in [3.63, 3.8) is 0 Å². The van der Waals surface area contributed by atoms with E-state index in [-0.39, 0.29) is 12.0 Å². The number of amides is 1. The Morgan fingerprint density at radius 2 is 2.12 bits per heavy atom. The third-order valence-electron chi connectivity index (χ3n) is 4.59. The van der Waals surface area contributed by atoms with Gasteiger partial charge in [0.25, 0.3) is 5.91 Å². The second kappa shape index (κ2) is 6.71. The minimum atomic E-state index is -0.0978. The highest BCUT2D eigenvalue weighted by molar-refractivity contribution is 5.93. The number of hydrogen-bond acceptors (Lipinski definition) is 4. The van der Waals surface area contributed by atoms with Crippen molar-refractivity contribution in [2.45, 2.75) is 26.4 Å². The normalized spacial score (nSPS) is 14.3. The fourth-order valence-electron chi connectivity index (χ4n) is 3.07. The van der Waals surface area contributed by atoms with Crippen molar-refractivity contribution in [1.29, 1.82) is 0 Å². The van der Waals surface area contributed by atoms with Crippen LogP contribution in [-0.2, 0) is 6.42 Å². The number of carbonyl (C=O) groups excluding carboxylic acids is 1. The van der Waals surface area contributed by atoms with Crippen LogP contribution >= 0.6 is 0 Å². The lowest BCUT2D eigenvalue weighted by atomic mass is 10.1. The van der Waals surface area contributed by atoms with E-state index < -0.39 is 0 Å². The maximum Gasteiger partial charge on any atom is 0.274 e. The molecule has 1 aromatic carbocycles. The van der Waals surface area contributed by atoms with Crippen molar-refractivity contribution in [2.75, 3.05) is 13.1 Å². The van der Waals surface area contributed by atoms with E-state index in [4.69, 9.17) is 9.15 Å². The fourth-order valence-corrected chi connectivity index (χ4v) is 3.07. The molecule has 0 spiro atoms. The van der Waals surface area contributed by atoms with Gasteiger partial charge < -0.3 is 14.1 Å². The van der Waals surface area contributed by atoms with Crippen LogP contribution in [0, 0.1) is 6.92 Å². The number of para-hydroxylation sites is 1. The van der Waals surface area contributed by atoms with Gasteiger partial charge in [0.1, 0.15) is 23.3 Å². The summed E-state index contributed by atoms with van der Waals surface area (Å²) in [5, 5.41) is 6.99. The lowest BCUT2D eigenvalue weighted by Crippen LogP contribution is -2.56. The molecule has 0 unspecified atom stereocenters. The maximum atomic E-state index is 12.6. The summed E-state index contributed by atoms with van der Waals surface area (Å²) in [7, 11) is 0. The number of aryl methyl sites for hydroxylation is 2. The van der Waals surface area contributed by atoms with Crippen LogP contribution in [0.15, 0.2) is 46.9 Å². The van der Waals surface area contributed by atoms with Crippen LogP contribution < -0.4 is 4.74 Å². The summed E-state index contributed by atoms with van der Waals surface area (Å²) in [6, 6.07) is 13.5. The number of furan rings is 1. The highest BCUT2D eigenvalue weighted by Gasteiger charge is 2.34. The Morgan fingerprint density at radius 1 is 1.31 bits per heavy atom. The molecule has 1 aliphatic heterocycles. The van der Waals surface area contributed by atoms with Crippen LogP contribution in [0.5, 0.6) is 5.75 Å². The number of ether oxygens (including phenoxy) is 1. The van der Waals surface area contributed by atoms with Crippen LogP contribution in [0.25, 0.3) is 11.5 Å². The second-order valence-corrected chi connectivity index (χ2v) is 6.49. The molecule has 1 saturated heterocycles. The van der Waals surface area contributed by atoms with Gasteiger partial charge in [0.2, 0.25) is 0 Å². The van der Waals surface area contributed by atoms with Crippen molar-refractivity contribution < 1.29 is 13.9 Å². The summed E-state index contributed by atoms with van der Waals surface area (Å²) in [6.07, 6.45) is 0.950. The lowest BCUT2D eigenvalue weighted by molar-refractivity contribution is 0.0170. The molecule has 1 N–H and O–H groups in total. The minimum Gasteiger partial charge on any atom is -0.486 e. The Morgan fingerprint density at radius 3 is 2.85 bits per heavy atom. The van der Waals surface area contributed by atoms with Gasteiger partial charge in [-0.3, -0.25) is 9.89 Å². The van der Waals surface area contributed by atoms with Gasteiger partial charge in [-0.2, -0.15) is 5.10 Å². The number of carbonyl (C=O) groups is 1. The molecule has 1 aliphatic rings. The maximum absolute atomic E-state index is 12.6. The minimum absolute atomic E-state index is 0.0257. The first kappa shape index (κ1) is 16.4. The lowest BCUT2D eigenvalue weighted by Gasteiger charge is -2.38. The first-order valence-corrected chi connectivity index (χ1v) is 8.80. The Balaban J connectivity index is 1.37. The number of aromatic amines is 1. The molecule has 4 rings (SSSR count). The van der Waals surface area contributed by atoms with Crippen molar-refractivity contribution in [3.05, 3.63) is 59.5 Å². The van der Waals surface area contributed by atoms with Crippen LogP contribution in [0.4, 0.5) is 0 Å². The van der Waals surface area contributed by atoms with Crippen LogP contribution in [0.3, 0.4) is 0 Å². The molecule has 26 heavy (non-hydrogen) atoms. The van der Waals surface area contributed by atoms with E-state index in [1.807, 2.05) is 37.3 Å². The molecule has 3 heterocycles. The van der Waals surface area contributed by atoms with E-state index in [0.717, 1.165) is 17.9 Å². The van der Waals surface area contributed by atoms with Crippen molar-refractivity contribution >= 4 is 5.91 Å². The Bertz CT molecular complexity index is 922. The van der Waals surface area contributed by atoms with Gasteiger partial charge in [0.05, 0.1) is 13.1 Å². The first-order chi connectivity index (χ1) is 12.6. The van der Waals surface area contributed by atoms with Gasteiger partial charge >= 0.3 is 0 Å². The van der Waals surface area contributed by atoms with Gasteiger partial charge in [-0.05, 0) is 37.1 Å². The monoisotopic (exact) mass is 351 g/mol. The summed E-state index contributed by atoms with van der Waals surface area (Å²) >= 11 is 0. The molecule has 3 aromatic rings. The summed E-state index contributed by atoms with van der Waals surface area (Å²) < 4.78 is 11.6. The zero-order chi connectivity index (χ0) is 18.1. The zero-order valence-electron chi connectivity index (χ0n) is 14.9. The van der Waals surface area contributed by atoms with E-state index in [9.17, 15) is 4.79 Å². The molecule has 2 aromatic heterocycles. The number of benzene rings is 1. The third kappa shape index (κ3) is 3.10. The molecule has 0 bridgehead atoms. The van der Waals surface area contributed by atoms with Gasteiger partial charge in [-0.1, -0.05) is 25.1 Å². The van der Waals surface area contributed by atoms with Crippen molar-refractivity contribution in [2.24, 2.45) is 0 Å². The van der Waals surface area contributed by atoms with Crippen LogP contribution in [0.1, 0.15) is 28.7 Å². The van der Waals surface area contributed by atoms with Gasteiger partial charge in [-0.15, -0.1) is 0 Å². The standard InChI is InChI=1S/C20H21N3O3/c1-3-14-6-4-5-7-18(14)26-15-11-23(12-15)20(24)17-10-16(21-22-17)19-9-8-13(2)25-19/h4-10,15H,3,11-12H2,1-2H3,(H,21,22). The second-order valence-electron chi connectivity index (χ2n) is 6.49. The molecule has 1 amide bonds. The number of hydrogen-bond donors (Lipinski definition) is 1. The molecule has 0 radical (unpaired) electrons. The quantitative estimate of drug-likeness (QED) is 0.764. The molecular formula is C20H21N3O3. The summed E-state index contributed by atoms with van der Waals surface area (Å²) in [5.41, 5.74) is 2.27. The highest BCUT2D eigenvalue weighted by atomic mass is 16.5. The molecule has 0 aliphatic carbocycles. The highest BCUT2D eigenvalue weighted by Crippen LogP contribution is 2.25. The molecule has 0 atom stereocenters. The van der Waals surface area contributed by atoms with Crippen LogP contribution in [-0.4, -0.2) is 40.2 Å². The summed E-state index contributed by atoms with van der Waals surface area (Å²) in [4.78, 5) is 14.3. The number of rotatable bonds is 5. The van der Waals surface area contributed by atoms with E-state index in [0.29, 0.717) is 30.2 Å². The molecule has 134 valence electrons. The van der Waals surface area contributed by atoms with E-state index in [2.05, 4.69) is 23.2 Å². The van der Waals surface area contributed by atoms with Gasteiger partial charge in [0.15, 0.2) is 11.5 Å². The smallest absolute Gasteiger partial charge is 0.274 e. The summed E-state index contributed by atoms with van der Waals surface area (Å²) in [6.45, 7) is 5.12. The largest absolute Gasteiger partial charge is 0.486 e. The Hall–Kier alpha value is -3.02. The summed E-state index contributed by atoms with van der Waals surface area (Å²) in [5.74, 6) is 2.30. The molecule has 6 nitrogen and oxygen atoms in total. The topological polar surface area (TPSA) is 71.4 Å². The molecule has 1 fully saturated rings. The first-order valence-electron chi connectivity index (χ1n) is 8.80. The number of H-pyrrole nitrogens is 1. The Kier molecular flexibility index (Phi) is 4.24. The molecule has 0 saturated carbocycles. The predicted octanol–water partition coefficient (Wildman–Crippen LogP) is 3.44. The Labute approximate surface area is 151 Å². The molecule has 6 heteroatoms. The van der Waals surface area contributed by atoms with Gasteiger partial charge in [0, 0.05) is 6.07 Å². The third-order valence-corrected chi connectivity index (χ3v) is 4.59. The van der Waals surface area contributed by atoms with Crippen molar-refractivity contribution in [3.8, 4) is 17.2 Å². The van der Waals surface area contributed by atoms with Gasteiger partial charge in [-0.25, -0.2) is 0 Å². The number of nitrogens with one attached hydrogen (secondary N) is 1. The average molecular weight is 351 g/mol. The number of likely N-dealkylation sites (tertiary alicyclic amines) is 1. The van der Waals surface area contributed by atoms with Crippen molar-refractivity contribution in [1.82, 2.24) is 15.1 Å². The number of aromatic nitrogens is 2. The SMILES string of the molecule is CCc1ccccc1OC1CN(C(=O)c2cc(-c3ccc(C)o3)[nH]n2)C1. The zero-order valence-corrected chi connectivity index (χ0v) is 14.9. The van der Waals surface area contributed by atoms with E-state index in [1.165, 1.54) is 5.56 Å². The van der Waals surface area contributed by atoms with E-state index >= 15 is 0 Å². The average Bonchev–Trinajstić information content (AvgIpc) is 3.26. The van der Waals surface area contributed by atoms with Crippen LogP contribution in [0.2, 0.25) is 0 Å². The number of nitrogens with zero attached hydrogens (tertiary/aromatic N) is 2.